The zero-order valence-electron chi connectivity index (χ0n) is 16.8. The fraction of sp³-hybridized carbons (Fsp3) is 0.333. The van der Waals surface area contributed by atoms with E-state index in [1.165, 1.54) is 0 Å². The van der Waals surface area contributed by atoms with Crippen LogP contribution < -0.4 is 15.6 Å². The van der Waals surface area contributed by atoms with E-state index < -0.39 is 11.7 Å². The Balaban J connectivity index is 1.98. The number of aromatic nitrogens is 2. The van der Waals surface area contributed by atoms with Crippen molar-refractivity contribution in [2.45, 2.75) is 32.9 Å². The molecule has 3 aromatic rings. The Kier molecular flexibility index (Phi) is 5.18. The maximum atomic E-state index is 12.9. The molecule has 0 saturated carbocycles. The van der Waals surface area contributed by atoms with Gasteiger partial charge in [-0.1, -0.05) is 18.2 Å². The average molecular weight is 383 g/mol. The van der Waals surface area contributed by atoms with E-state index in [1.54, 1.807) is 51.7 Å². The molecule has 7 heteroatoms. The maximum absolute atomic E-state index is 12.9. The largest absolute Gasteiger partial charge is 0.497 e. The predicted molar refractivity (Wildman–Crippen MR) is 109 cm³/mol. The number of nitrogens with zero attached hydrogens (tertiary/aromatic N) is 2. The van der Waals surface area contributed by atoms with Gasteiger partial charge in [-0.2, -0.15) is 0 Å². The summed E-state index contributed by atoms with van der Waals surface area (Å²) in [4.78, 5) is 25.0. The standard InChI is InChI=1S/C21H25N3O4/c1-21(2,3)28-20(26)22-16-7-6-8-17-18(16)19(25)23(4)24(17)13-14-9-11-15(27-5)12-10-14/h6-12H,13H2,1-5H3,(H,22,26). The van der Waals surface area contributed by atoms with E-state index in [-0.39, 0.29) is 5.56 Å². The molecule has 1 amide bonds. The summed E-state index contributed by atoms with van der Waals surface area (Å²) in [6, 6.07) is 13.0. The summed E-state index contributed by atoms with van der Waals surface area (Å²) in [5.41, 5.74) is 1.38. The first-order valence-electron chi connectivity index (χ1n) is 9.01. The smallest absolute Gasteiger partial charge is 0.412 e. The van der Waals surface area contributed by atoms with Gasteiger partial charge in [-0.3, -0.25) is 19.5 Å². The van der Waals surface area contributed by atoms with Gasteiger partial charge in [-0.15, -0.1) is 0 Å². The SMILES string of the molecule is COc1ccc(Cn2c3cccc(NC(=O)OC(C)(C)C)c3c(=O)n2C)cc1. The lowest BCUT2D eigenvalue weighted by atomic mass is 10.2. The topological polar surface area (TPSA) is 74.5 Å². The number of benzene rings is 2. The number of nitrogens with one attached hydrogen (secondary N) is 1. The Bertz CT molecular complexity index is 1060. The van der Waals surface area contributed by atoms with E-state index in [9.17, 15) is 9.59 Å². The van der Waals surface area contributed by atoms with E-state index in [0.717, 1.165) is 16.8 Å². The van der Waals surface area contributed by atoms with Crippen LogP contribution in [0.15, 0.2) is 47.3 Å². The van der Waals surface area contributed by atoms with Gasteiger partial charge in [0, 0.05) is 7.05 Å². The highest BCUT2D eigenvalue weighted by Crippen LogP contribution is 2.23. The molecule has 1 aromatic heterocycles. The van der Waals surface area contributed by atoms with Crippen molar-refractivity contribution in [3.05, 3.63) is 58.4 Å². The fourth-order valence-corrected chi connectivity index (χ4v) is 3.03. The van der Waals surface area contributed by atoms with Crippen molar-refractivity contribution in [3.63, 3.8) is 0 Å². The lowest BCUT2D eigenvalue weighted by Gasteiger charge is -2.19. The Morgan fingerprint density at radius 3 is 2.39 bits per heavy atom. The molecular formula is C21H25N3O4. The van der Waals surface area contributed by atoms with E-state index >= 15 is 0 Å². The summed E-state index contributed by atoms with van der Waals surface area (Å²) in [7, 11) is 3.33. The molecular weight excluding hydrogens is 358 g/mol. The molecule has 1 heterocycles. The van der Waals surface area contributed by atoms with Gasteiger partial charge in [0.1, 0.15) is 11.4 Å². The number of hydrogen-bond acceptors (Lipinski definition) is 4. The minimum atomic E-state index is -0.622. The molecule has 0 bridgehead atoms. The zero-order valence-corrected chi connectivity index (χ0v) is 16.8. The van der Waals surface area contributed by atoms with Crippen LogP contribution in [0.4, 0.5) is 10.5 Å². The van der Waals surface area contributed by atoms with Gasteiger partial charge in [0.05, 0.1) is 30.2 Å². The summed E-state index contributed by atoms with van der Waals surface area (Å²) in [5.74, 6) is 0.777. The third-order valence-corrected chi connectivity index (χ3v) is 4.32. The van der Waals surface area contributed by atoms with Crippen molar-refractivity contribution < 1.29 is 14.3 Å². The minimum absolute atomic E-state index is 0.185. The molecule has 0 fully saturated rings. The van der Waals surface area contributed by atoms with Gasteiger partial charge in [-0.05, 0) is 50.6 Å². The predicted octanol–water partition coefficient (Wildman–Crippen LogP) is 3.74. The molecule has 0 unspecified atom stereocenters. The van der Waals surface area contributed by atoms with Crippen molar-refractivity contribution in [2.75, 3.05) is 12.4 Å². The molecule has 148 valence electrons. The number of carbonyl (C=O) groups is 1. The first-order valence-corrected chi connectivity index (χ1v) is 9.01. The van der Waals surface area contributed by atoms with Gasteiger partial charge in [0.15, 0.2) is 0 Å². The number of hydrogen-bond donors (Lipinski definition) is 1. The van der Waals surface area contributed by atoms with Crippen LogP contribution in [0.1, 0.15) is 26.3 Å². The lowest BCUT2D eigenvalue weighted by Crippen LogP contribution is -2.27. The maximum Gasteiger partial charge on any atom is 0.412 e. The van der Waals surface area contributed by atoms with Crippen molar-refractivity contribution in [1.82, 2.24) is 9.36 Å². The van der Waals surface area contributed by atoms with Crippen LogP contribution in [0.3, 0.4) is 0 Å². The third kappa shape index (κ3) is 4.03. The molecule has 28 heavy (non-hydrogen) atoms. The third-order valence-electron chi connectivity index (χ3n) is 4.32. The Hall–Kier alpha value is -3.22. The first-order chi connectivity index (χ1) is 13.2. The average Bonchev–Trinajstić information content (AvgIpc) is 2.86. The summed E-state index contributed by atoms with van der Waals surface area (Å²) in [6.45, 7) is 5.88. The molecule has 0 saturated heterocycles. The highest BCUT2D eigenvalue weighted by atomic mass is 16.6. The second kappa shape index (κ2) is 7.42. The quantitative estimate of drug-likeness (QED) is 0.745. The zero-order chi connectivity index (χ0) is 20.5. The molecule has 2 aromatic carbocycles. The van der Waals surface area contributed by atoms with Crippen LogP contribution in [0, 0.1) is 0 Å². The van der Waals surface area contributed by atoms with Crippen molar-refractivity contribution >= 4 is 22.7 Å². The Morgan fingerprint density at radius 1 is 1.11 bits per heavy atom. The van der Waals surface area contributed by atoms with E-state index in [1.807, 2.05) is 35.0 Å². The van der Waals surface area contributed by atoms with Crippen LogP contribution in [0.25, 0.3) is 10.9 Å². The minimum Gasteiger partial charge on any atom is -0.497 e. The molecule has 0 aliphatic heterocycles. The molecule has 1 N–H and O–H groups in total. The number of ether oxygens (including phenoxy) is 2. The number of anilines is 1. The van der Waals surface area contributed by atoms with Crippen LogP contribution in [0.5, 0.6) is 5.75 Å². The molecule has 0 aliphatic carbocycles. The molecule has 0 aliphatic rings. The number of methoxy groups -OCH3 is 1. The summed E-state index contributed by atoms with van der Waals surface area (Å²) < 4.78 is 13.9. The fourth-order valence-electron chi connectivity index (χ4n) is 3.03. The van der Waals surface area contributed by atoms with E-state index in [4.69, 9.17) is 9.47 Å². The van der Waals surface area contributed by atoms with Crippen molar-refractivity contribution in [3.8, 4) is 5.75 Å². The lowest BCUT2D eigenvalue weighted by molar-refractivity contribution is 0.0636. The Labute approximate surface area is 163 Å². The van der Waals surface area contributed by atoms with Crippen LogP contribution in [-0.4, -0.2) is 28.2 Å². The van der Waals surface area contributed by atoms with Gasteiger partial charge >= 0.3 is 6.09 Å². The highest BCUT2D eigenvalue weighted by Gasteiger charge is 2.19. The number of rotatable bonds is 4. The summed E-state index contributed by atoms with van der Waals surface area (Å²) >= 11 is 0. The molecule has 7 nitrogen and oxygen atoms in total. The molecule has 0 spiro atoms. The van der Waals surface area contributed by atoms with E-state index in [2.05, 4.69) is 5.32 Å². The molecule has 0 radical (unpaired) electrons. The number of fused-ring (bicyclic) bond motifs is 1. The second-order valence-electron chi connectivity index (χ2n) is 7.56. The number of carbonyl (C=O) groups excluding carboxylic acids is 1. The summed E-state index contributed by atoms with van der Waals surface area (Å²) in [5, 5.41) is 3.15. The second-order valence-corrected chi connectivity index (χ2v) is 7.56. The van der Waals surface area contributed by atoms with Crippen molar-refractivity contribution in [1.29, 1.82) is 0 Å². The Morgan fingerprint density at radius 2 is 1.79 bits per heavy atom. The van der Waals surface area contributed by atoms with Crippen LogP contribution in [0.2, 0.25) is 0 Å². The first kappa shape index (κ1) is 19.5. The van der Waals surface area contributed by atoms with Crippen LogP contribution in [-0.2, 0) is 18.3 Å². The van der Waals surface area contributed by atoms with Gasteiger partial charge in [-0.25, -0.2) is 4.79 Å². The molecule has 0 atom stereocenters. The van der Waals surface area contributed by atoms with Crippen molar-refractivity contribution in [2.24, 2.45) is 7.05 Å². The van der Waals surface area contributed by atoms with Gasteiger partial charge in [0.25, 0.3) is 5.56 Å². The van der Waals surface area contributed by atoms with E-state index in [0.29, 0.717) is 17.6 Å². The van der Waals surface area contributed by atoms with Gasteiger partial charge in [0.2, 0.25) is 0 Å². The molecule has 3 rings (SSSR count). The monoisotopic (exact) mass is 383 g/mol. The highest BCUT2D eigenvalue weighted by molar-refractivity contribution is 5.98. The summed E-state index contributed by atoms with van der Waals surface area (Å²) in [6.07, 6.45) is -0.593. The van der Waals surface area contributed by atoms with Crippen LogP contribution >= 0.6 is 0 Å². The van der Waals surface area contributed by atoms with Gasteiger partial charge < -0.3 is 9.47 Å². The number of amides is 1. The normalized spacial score (nSPS) is 11.5.